The van der Waals surface area contributed by atoms with Gasteiger partial charge in [-0.3, -0.25) is 9.48 Å². The normalized spacial score (nSPS) is 17.3. The highest BCUT2D eigenvalue weighted by atomic mass is 79.9. The Bertz CT molecular complexity index is 665. The van der Waals surface area contributed by atoms with Crippen molar-refractivity contribution in [2.24, 2.45) is 0 Å². The first kappa shape index (κ1) is 14.3. The number of carbonyl (C=O) groups is 1. The summed E-state index contributed by atoms with van der Waals surface area (Å²) in [6.07, 6.45) is 5.02. The molecule has 0 spiro atoms. The van der Waals surface area contributed by atoms with E-state index >= 15 is 0 Å². The van der Waals surface area contributed by atoms with Crippen molar-refractivity contribution in [3.05, 3.63) is 51.8 Å². The minimum Gasteiger partial charge on any atom is -0.344 e. The zero-order valence-electron chi connectivity index (χ0n) is 12.0. The Kier molecular flexibility index (Phi) is 4.10. The standard InChI is InChI=1S/C16H18BrN3O/c1-2-20-10-13(17)15(19-20)16(21)18-14-9-5-7-11-6-3-4-8-12(11)14/h3-4,6,8,10,14H,2,5,7,9H2,1H3,(H,18,21). The molecule has 0 fully saturated rings. The molecule has 1 N–H and O–H groups in total. The largest absolute Gasteiger partial charge is 0.344 e. The predicted octanol–water partition coefficient (Wildman–Crippen LogP) is 3.47. The van der Waals surface area contributed by atoms with Gasteiger partial charge in [0.05, 0.1) is 10.5 Å². The fraction of sp³-hybridized carbons (Fsp3) is 0.375. The van der Waals surface area contributed by atoms with Gasteiger partial charge in [-0.1, -0.05) is 24.3 Å². The first-order valence-corrected chi connectivity index (χ1v) is 8.10. The maximum Gasteiger partial charge on any atom is 0.273 e. The lowest BCUT2D eigenvalue weighted by Gasteiger charge is -2.26. The van der Waals surface area contributed by atoms with Crippen LogP contribution in [0.4, 0.5) is 0 Å². The van der Waals surface area contributed by atoms with Gasteiger partial charge < -0.3 is 5.32 Å². The van der Waals surface area contributed by atoms with Gasteiger partial charge in [0.2, 0.25) is 0 Å². The van der Waals surface area contributed by atoms with E-state index in [9.17, 15) is 4.79 Å². The lowest BCUT2D eigenvalue weighted by atomic mass is 9.88. The minimum absolute atomic E-state index is 0.0844. The number of hydrogen-bond acceptors (Lipinski definition) is 2. The van der Waals surface area contributed by atoms with Gasteiger partial charge >= 0.3 is 0 Å². The van der Waals surface area contributed by atoms with Crippen LogP contribution in [0, 0.1) is 0 Å². The number of nitrogens with one attached hydrogen (secondary N) is 1. The zero-order chi connectivity index (χ0) is 14.8. The van der Waals surface area contributed by atoms with Crippen LogP contribution < -0.4 is 5.32 Å². The quantitative estimate of drug-likeness (QED) is 0.923. The Morgan fingerprint density at radius 3 is 3.05 bits per heavy atom. The number of hydrogen-bond donors (Lipinski definition) is 1. The lowest BCUT2D eigenvalue weighted by Crippen LogP contribution is -2.31. The van der Waals surface area contributed by atoms with Gasteiger partial charge in [-0.2, -0.15) is 5.10 Å². The number of aromatic nitrogens is 2. The number of aryl methyl sites for hydroxylation is 2. The van der Waals surface area contributed by atoms with E-state index < -0.39 is 0 Å². The minimum atomic E-state index is -0.115. The summed E-state index contributed by atoms with van der Waals surface area (Å²) in [5, 5.41) is 7.43. The third-order valence-corrected chi connectivity index (χ3v) is 4.51. The fourth-order valence-corrected chi connectivity index (χ4v) is 3.34. The van der Waals surface area contributed by atoms with E-state index in [2.05, 4.69) is 44.5 Å². The molecule has 2 aromatic rings. The second-order valence-electron chi connectivity index (χ2n) is 5.30. The Balaban J connectivity index is 1.81. The third-order valence-electron chi connectivity index (χ3n) is 3.93. The van der Waals surface area contributed by atoms with E-state index in [1.165, 1.54) is 11.1 Å². The van der Waals surface area contributed by atoms with Crippen molar-refractivity contribution in [3.8, 4) is 0 Å². The maximum atomic E-state index is 12.5. The van der Waals surface area contributed by atoms with Crippen LogP contribution in [0.3, 0.4) is 0 Å². The van der Waals surface area contributed by atoms with Crippen molar-refractivity contribution >= 4 is 21.8 Å². The molecule has 1 heterocycles. The van der Waals surface area contributed by atoms with Crippen LogP contribution in [0.1, 0.15) is 47.4 Å². The van der Waals surface area contributed by atoms with Crippen LogP contribution >= 0.6 is 15.9 Å². The van der Waals surface area contributed by atoms with E-state index in [0.29, 0.717) is 5.69 Å². The van der Waals surface area contributed by atoms with E-state index in [0.717, 1.165) is 30.3 Å². The first-order chi connectivity index (χ1) is 10.2. The van der Waals surface area contributed by atoms with Crippen LogP contribution in [0.25, 0.3) is 0 Å². The van der Waals surface area contributed by atoms with Crippen molar-refractivity contribution in [1.29, 1.82) is 0 Å². The number of carbonyl (C=O) groups excluding carboxylic acids is 1. The molecule has 5 heteroatoms. The monoisotopic (exact) mass is 347 g/mol. The molecule has 21 heavy (non-hydrogen) atoms. The highest BCUT2D eigenvalue weighted by Crippen LogP contribution is 2.30. The summed E-state index contributed by atoms with van der Waals surface area (Å²) in [5.41, 5.74) is 3.04. The average molecular weight is 348 g/mol. The summed E-state index contributed by atoms with van der Waals surface area (Å²) in [5.74, 6) is -0.115. The molecular weight excluding hydrogens is 330 g/mol. The van der Waals surface area contributed by atoms with Gasteiger partial charge in [-0.05, 0) is 53.2 Å². The Morgan fingerprint density at radius 2 is 2.29 bits per heavy atom. The number of halogens is 1. The summed E-state index contributed by atoms with van der Waals surface area (Å²) < 4.78 is 2.50. The zero-order valence-corrected chi connectivity index (χ0v) is 13.6. The number of rotatable bonds is 3. The summed E-state index contributed by atoms with van der Waals surface area (Å²) >= 11 is 3.41. The summed E-state index contributed by atoms with van der Waals surface area (Å²) in [6.45, 7) is 2.75. The predicted molar refractivity (Wildman–Crippen MR) is 85.2 cm³/mol. The fourth-order valence-electron chi connectivity index (χ4n) is 2.84. The smallest absolute Gasteiger partial charge is 0.273 e. The Hall–Kier alpha value is -1.62. The average Bonchev–Trinajstić information content (AvgIpc) is 2.89. The molecule has 110 valence electrons. The van der Waals surface area contributed by atoms with Crippen LogP contribution in [-0.4, -0.2) is 15.7 Å². The molecule has 0 saturated carbocycles. The molecule has 1 aromatic carbocycles. The van der Waals surface area contributed by atoms with Crippen LogP contribution in [0.5, 0.6) is 0 Å². The number of fused-ring (bicyclic) bond motifs is 1. The van der Waals surface area contributed by atoms with Gasteiger partial charge in [0, 0.05) is 12.7 Å². The van der Waals surface area contributed by atoms with E-state index in [-0.39, 0.29) is 11.9 Å². The third kappa shape index (κ3) is 2.88. The molecule has 4 nitrogen and oxygen atoms in total. The molecule has 0 saturated heterocycles. The van der Waals surface area contributed by atoms with Gasteiger partial charge in [0.15, 0.2) is 5.69 Å². The molecule has 1 aliphatic rings. The van der Waals surface area contributed by atoms with E-state index in [1.54, 1.807) is 4.68 Å². The van der Waals surface area contributed by atoms with Crippen molar-refractivity contribution in [3.63, 3.8) is 0 Å². The molecule has 1 unspecified atom stereocenters. The molecule has 3 rings (SSSR count). The summed E-state index contributed by atoms with van der Waals surface area (Å²) in [6, 6.07) is 8.43. The molecule has 0 bridgehead atoms. The molecule has 1 aromatic heterocycles. The second-order valence-corrected chi connectivity index (χ2v) is 6.15. The summed E-state index contributed by atoms with van der Waals surface area (Å²) in [4.78, 5) is 12.5. The SMILES string of the molecule is CCn1cc(Br)c(C(=O)NC2CCCc3ccccc32)n1. The van der Waals surface area contributed by atoms with E-state index in [1.807, 2.05) is 19.2 Å². The van der Waals surface area contributed by atoms with Crippen LogP contribution in [0.2, 0.25) is 0 Å². The Labute approximate surface area is 132 Å². The topological polar surface area (TPSA) is 46.9 Å². The molecule has 0 aliphatic heterocycles. The number of benzene rings is 1. The van der Waals surface area contributed by atoms with Gasteiger partial charge in [-0.15, -0.1) is 0 Å². The highest BCUT2D eigenvalue weighted by molar-refractivity contribution is 9.10. The highest BCUT2D eigenvalue weighted by Gasteiger charge is 2.24. The van der Waals surface area contributed by atoms with Crippen LogP contribution in [0.15, 0.2) is 34.9 Å². The Morgan fingerprint density at radius 1 is 1.48 bits per heavy atom. The molecule has 0 radical (unpaired) electrons. The van der Waals surface area contributed by atoms with Crippen molar-refractivity contribution in [1.82, 2.24) is 15.1 Å². The summed E-state index contributed by atoms with van der Waals surface area (Å²) in [7, 11) is 0. The van der Waals surface area contributed by atoms with Crippen molar-refractivity contribution < 1.29 is 4.79 Å². The molecule has 1 aliphatic carbocycles. The lowest BCUT2D eigenvalue weighted by molar-refractivity contribution is 0.0926. The second kappa shape index (κ2) is 6.02. The van der Waals surface area contributed by atoms with Gasteiger partial charge in [0.1, 0.15) is 0 Å². The molecular formula is C16H18BrN3O. The molecule has 1 atom stereocenters. The van der Waals surface area contributed by atoms with Crippen molar-refractivity contribution in [2.45, 2.75) is 38.8 Å². The molecule has 1 amide bonds. The van der Waals surface area contributed by atoms with Gasteiger partial charge in [-0.25, -0.2) is 0 Å². The first-order valence-electron chi connectivity index (χ1n) is 7.30. The van der Waals surface area contributed by atoms with Gasteiger partial charge in [0.25, 0.3) is 5.91 Å². The van der Waals surface area contributed by atoms with E-state index in [4.69, 9.17) is 0 Å². The number of nitrogens with zero attached hydrogens (tertiary/aromatic N) is 2. The maximum absolute atomic E-state index is 12.5. The number of amides is 1. The van der Waals surface area contributed by atoms with Crippen molar-refractivity contribution in [2.75, 3.05) is 0 Å². The van der Waals surface area contributed by atoms with Crippen LogP contribution in [-0.2, 0) is 13.0 Å².